The summed E-state index contributed by atoms with van der Waals surface area (Å²) in [6.45, 7) is 0. The predicted molar refractivity (Wildman–Crippen MR) is 88.6 cm³/mol. The van der Waals surface area contributed by atoms with Crippen LogP contribution in [0.1, 0.15) is 17.8 Å². The van der Waals surface area contributed by atoms with Crippen LogP contribution in [0.2, 0.25) is 0 Å². The fourth-order valence-corrected chi connectivity index (χ4v) is 4.21. The van der Waals surface area contributed by atoms with Crippen LogP contribution in [0.5, 0.6) is 0 Å². The molecular formula is C17H16N2O3S. The Morgan fingerprint density at radius 3 is 2.43 bits per heavy atom. The molecule has 0 aliphatic rings. The molecule has 23 heavy (non-hydrogen) atoms. The van der Waals surface area contributed by atoms with E-state index in [1.54, 1.807) is 30.3 Å². The Balaban J connectivity index is 2.11. The molecule has 0 aliphatic heterocycles. The van der Waals surface area contributed by atoms with Crippen molar-refractivity contribution >= 4 is 27.3 Å². The maximum absolute atomic E-state index is 12.9. The lowest BCUT2D eigenvalue weighted by Crippen LogP contribution is -2.18. The number of aldehydes is 1. The van der Waals surface area contributed by atoms with E-state index in [-0.39, 0.29) is 12.2 Å². The first-order chi connectivity index (χ1) is 11.1. The van der Waals surface area contributed by atoms with Crippen molar-refractivity contribution in [1.29, 1.82) is 0 Å². The van der Waals surface area contributed by atoms with E-state index in [1.165, 1.54) is 3.97 Å². The van der Waals surface area contributed by atoms with Gasteiger partial charge in [-0.25, -0.2) is 17.4 Å². The molecule has 1 heterocycles. The van der Waals surface area contributed by atoms with Crippen LogP contribution in [-0.4, -0.2) is 23.7 Å². The molecule has 0 atom stereocenters. The molecule has 0 amide bonds. The monoisotopic (exact) mass is 328 g/mol. The van der Waals surface area contributed by atoms with E-state index in [1.807, 2.05) is 24.3 Å². The van der Waals surface area contributed by atoms with E-state index < -0.39 is 10.0 Å². The minimum atomic E-state index is -3.62. The number of fused-ring (bicyclic) bond motifs is 1. The lowest BCUT2D eigenvalue weighted by molar-refractivity contribution is -0.107. The van der Waals surface area contributed by atoms with Crippen molar-refractivity contribution < 1.29 is 13.2 Å². The third-order valence-electron chi connectivity index (χ3n) is 3.54. The Morgan fingerprint density at radius 1 is 1.00 bits per heavy atom. The number of aromatic nitrogens is 2. The number of carbonyl (C=O) groups excluding carboxylic acids is 1. The molecule has 0 saturated heterocycles. The number of carbonyl (C=O) groups is 1. The zero-order chi connectivity index (χ0) is 16.3. The highest BCUT2D eigenvalue weighted by atomic mass is 32.2. The molecule has 0 N–H and O–H groups in total. The Bertz CT molecular complexity index is 931. The van der Waals surface area contributed by atoms with Crippen molar-refractivity contribution in [3.05, 3.63) is 66.0 Å². The molecule has 0 unspecified atom stereocenters. The molecular weight excluding hydrogens is 312 g/mol. The number of hydrogen-bond donors (Lipinski definition) is 0. The Labute approximate surface area is 134 Å². The summed E-state index contributed by atoms with van der Waals surface area (Å²) < 4.78 is 27.1. The standard InChI is InChI=1S/C17H16N2O3S/c20-12-6-11-17-18-15-9-4-5-10-16(15)19(17)23(21,22)13-14-7-2-1-3-8-14/h1-5,7-10,12H,6,11,13H2. The predicted octanol–water partition coefficient (Wildman–Crippen LogP) is 2.55. The largest absolute Gasteiger partial charge is 0.303 e. The molecule has 118 valence electrons. The summed E-state index contributed by atoms with van der Waals surface area (Å²) in [6.07, 6.45) is 1.31. The SMILES string of the molecule is O=CCCc1nc2ccccc2n1S(=O)(=O)Cc1ccccc1. The summed E-state index contributed by atoms with van der Waals surface area (Å²) in [5.41, 5.74) is 1.88. The van der Waals surface area contributed by atoms with Gasteiger partial charge < -0.3 is 4.79 Å². The van der Waals surface area contributed by atoms with Gasteiger partial charge in [-0.15, -0.1) is 0 Å². The highest BCUT2D eigenvalue weighted by molar-refractivity contribution is 7.89. The van der Waals surface area contributed by atoms with Crippen molar-refractivity contribution in [2.24, 2.45) is 0 Å². The average Bonchev–Trinajstić information content (AvgIpc) is 2.92. The fraction of sp³-hybridized carbons (Fsp3) is 0.176. The van der Waals surface area contributed by atoms with Gasteiger partial charge in [0.2, 0.25) is 10.0 Å². The van der Waals surface area contributed by atoms with E-state index in [0.717, 1.165) is 6.29 Å². The minimum absolute atomic E-state index is 0.109. The second-order valence-corrected chi connectivity index (χ2v) is 7.05. The van der Waals surface area contributed by atoms with Gasteiger partial charge in [-0.3, -0.25) is 0 Å². The zero-order valence-corrected chi connectivity index (χ0v) is 13.2. The summed E-state index contributed by atoms with van der Waals surface area (Å²) in [5, 5.41) is 0. The van der Waals surface area contributed by atoms with Crippen molar-refractivity contribution in [2.75, 3.05) is 0 Å². The second kappa shape index (κ2) is 6.34. The van der Waals surface area contributed by atoms with Gasteiger partial charge in [0.1, 0.15) is 12.1 Å². The smallest absolute Gasteiger partial charge is 0.244 e. The Kier molecular flexibility index (Phi) is 4.25. The summed E-state index contributed by atoms with van der Waals surface area (Å²) in [7, 11) is -3.62. The minimum Gasteiger partial charge on any atom is -0.303 e. The van der Waals surface area contributed by atoms with Crippen LogP contribution in [-0.2, 0) is 27.0 Å². The number of imidazole rings is 1. The normalized spacial score (nSPS) is 11.7. The van der Waals surface area contributed by atoms with E-state index in [0.29, 0.717) is 28.8 Å². The summed E-state index contributed by atoms with van der Waals surface area (Å²) in [6, 6.07) is 16.1. The molecule has 5 nitrogen and oxygen atoms in total. The van der Waals surface area contributed by atoms with Gasteiger partial charge in [-0.2, -0.15) is 0 Å². The van der Waals surface area contributed by atoms with Gasteiger partial charge in [-0.05, 0) is 17.7 Å². The topological polar surface area (TPSA) is 69.0 Å². The molecule has 0 spiro atoms. The highest BCUT2D eigenvalue weighted by Crippen LogP contribution is 2.21. The number of benzene rings is 2. The highest BCUT2D eigenvalue weighted by Gasteiger charge is 2.22. The number of nitrogens with zero attached hydrogens (tertiary/aromatic N) is 2. The first kappa shape index (κ1) is 15.4. The number of hydrogen-bond acceptors (Lipinski definition) is 4. The van der Waals surface area contributed by atoms with E-state index in [4.69, 9.17) is 0 Å². The summed E-state index contributed by atoms with van der Waals surface area (Å²) in [4.78, 5) is 15.0. The molecule has 0 radical (unpaired) electrons. The van der Waals surface area contributed by atoms with E-state index in [2.05, 4.69) is 4.98 Å². The third-order valence-corrected chi connectivity index (χ3v) is 5.20. The molecule has 0 bridgehead atoms. The van der Waals surface area contributed by atoms with Gasteiger partial charge in [0.15, 0.2) is 0 Å². The maximum Gasteiger partial charge on any atom is 0.244 e. The fourth-order valence-electron chi connectivity index (χ4n) is 2.56. The van der Waals surface area contributed by atoms with Crippen molar-refractivity contribution in [3.63, 3.8) is 0 Å². The van der Waals surface area contributed by atoms with Crippen LogP contribution in [0.4, 0.5) is 0 Å². The first-order valence-corrected chi connectivity index (χ1v) is 8.90. The van der Waals surface area contributed by atoms with Crippen molar-refractivity contribution in [1.82, 2.24) is 8.96 Å². The van der Waals surface area contributed by atoms with Gasteiger partial charge in [0, 0.05) is 12.8 Å². The molecule has 3 rings (SSSR count). The lowest BCUT2D eigenvalue weighted by atomic mass is 10.2. The van der Waals surface area contributed by atoms with E-state index in [9.17, 15) is 13.2 Å². The number of rotatable bonds is 6. The van der Waals surface area contributed by atoms with Crippen LogP contribution in [0.3, 0.4) is 0 Å². The van der Waals surface area contributed by atoms with Gasteiger partial charge in [0.05, 0.1) is 16.8 Å². The van der Waals surface area contributed by atoms with Crippen molar-refractivity contribution in [2.45, 2.75) is 18.6 Å². The molecule has 0 fully saturated rings. The zero-order valence-electron chi connectivity index (χ0n) is 12.4. The average molecular weight is 328 g/mol. The lowest BCUT2D eigenvalue weighted by Gasteiger charge is -2.10. The Morgan fingerprint density at radius 2 is 1.70 bits per heavy atom. The number of para-hydroxylation sites is 2. The van der Waals surface area contributed by atoms with Gasteiger partial charge in [0.25, 0.3) is 0 Å². The summed E-state index contributed by atoms with van der Waals surface area (Å²) >= 11 is 0. The Hall–Kier alpha value is -2.47. The molecule has 6 heteroatoms. The van der Waals surface area contributed by atoms with E-state index >= 15 is 0 Å². The van der Waals surface area contributed by atoms with Gasteiger partial charge in [-0.1, -0.05) is 42.5 Å². The van der Waals surface area contributed by atoms with Crippen LogP contribution in [0, 0.1) is 0 Å². The maximum atomic E-state index is 12.9. The first-order valence-electron chi connectivity index (χ1n) is 7.29. The number of aryl methyl sites for hydroxylation is 1. The molecule has 3 aromatic rings. The van der Waals surface area contributed by atoms with Crippen LogP contribution in [0.15, 0.2) is 54.6 Å². The second-order valence-electron chi connectivity index (χ2n) is 5.23. The van der Waals surface area contributed by atoms with Gasteiger partial charge >= 0.3 is 0 Å². The van der Waals surface area contributed by atoms with Crippen LogP contribution < -0.4 is 0 Å². The summed E-state index contributed by atoms with van der Waals surface area (Å²) in [5.74, 6) is 0.289. The molecule has 0 aliphatic carbocycles. The molecule has 1 aromatic heterocycles. The quantitative estimate of drug-likeness (QED) is 0.652. The molecule has 2 aromatic carbocycles. The van der Waals surface area contributed by atoms with Crippen molar-refractivity contribution in [3.8, 4) is 0 Å². The van der Waals surface area contributed by atoms with Crippen LogP contribution in [0.25, 0.3) is 11.0 Å². The molecule has 0 saturated carbocycles. The third kappa shape index (κ3) is 3.17. The van der Waals surface area contributed by atoms with Crippen LogP contribution >= 0.6 is 0 Å².